The van der Waals surface area contributed by atoms with E-state index in [4.69, 9.17) is 0 Å². The Hall–Kier alpha value is -2.79. The maximum absolute atomic E-state index is 9.22. The second kappa shape index (κ2) is 7.85. The zero-order valence-corrected chi connectivity index (χ0v) is 12.6. The maximum Gasteiger partial charge on any atom is 0.173 e. The highest BCUT2D eigenvalue weighted by Crippen LogP contribution is 2.12. The summed E-state index contributed by atoms with van der Waals surface area (Å²) in [6.45, 7) is 3.72. The molecule has 0 aliphatic carbocycles. The largest absolute Gasteiger partial charge is 0.290 e. The van der Waals surface area contributed by atoms with Gasteiger partial charge >= 0.3 is 0 Å². The van der Waals surface area contributed by atoms with E-state index in [0.717, 1.165) is 16.8 Å². The van der Waals surface area contributed by atoms with Crippen LogP contribution in [-0.2, 0) is 0 Å². The highest BCUT2D eigenvalue weighted by molar-refractivity contribution is 6.40. The normalized spacial score (nSPS) is 12.7. The number of hydroxylamine groups is 1. The minimum absolute atomic E-state index is 0.258. The van der Waals surface area contributed by atoms with Gasteiger partial charge in [0.15, 0.2) is 5.84 Å². The Labute approximate surface area is 129 Å². The Balaban J connectivity index is 2.14. The molecule has 2 aromatic rings. The summed E-state index contributed by atoms with van der Waals surface area (Å²) in [6, 6.07) is 17.3. The van der Waals surface area contributed by atoms with Gasteiger partial charge in [-0.25, -0.2) is 4.99 Å². The molecular weight excluding hydrogens is 276 g/mol. The molecule has 5 heteroatoms. The molecule has 0 bridgehead atoms. The topological polar surface area (TPSA) is 69.3 Å². The highest BCUT2D eigenvalue weighted by atomic mass is 16.5. The molecule has 5 nitrogen and oxygen atoms in total. The molecule has 112 valence electrons. The van der Waals surface area contributed by atoms with Gasteiger partial charge in [-0.3, -0.25) is 10.7 Å². The van der Waals surface area contributed by atoms with Gasteiger partial charge in [0.05, 0.1) is 11.9 Å². The van der Waals surface area contributed by atoms with Gasteiger partial charge < -0.3 is 0 Å². The van der Waals surface area contributed by atoms with E-state index in [1.54, 1.807) is 13.1 Å². The lowest BCUT2D eigenvalue weighted by Crippen LogP contribution is -2.26. The lowest BCUT2D eigenvalue weighted by atomic mass is 10.2. The van der Waals surface area contributed by atoms with Crippen molar-refractivity contribution in [3.8, 4) is 0 Å². The van der Waals surface area contributed by atoms with E-state index in [1.807, 2.05) is 61.5 Å². The zero-order valence-electron chi connectivity index (χ0n) is 12.6. The number of rotatable bonds is 4. The average Bonchev–Trinajstić information content (AvgIpc) is 2.55. The van der Waals surface area contributed by atoms with Gasteiger partial charge in [0, 0.05) is 0 Å². The van der Waals surface area contributed by atoms with Crippen LogP contribution in [0.5, 0.6) is 0 Å². The molecule has 0 atom stereocenters. The molecular formula is C17H18N4O. The van der Waals surface area contributed by atoms with Crippen molar-refractivity contribution in [1.29, 1.82) is 0 Å². The Bertz CT molecular complexity index is 688. The zero-order chi connectivity index (χ0) is 15.8. The third kappa shape index (κ3) is 4.64. The van der Waals surface area contributed by atoms with E-state index in [9.17, 15) is 5.21 Å². The number of nitrogens with zero attached hydrogens (tertiary/aromatic N) is 3. The van der Waals surface area contributed by atoms with Gasteiger partial charge in [0.2, 0.25) is 0 Å². The summed E-state index contributed by atoms with van der Waals surface area (Å²) in [7, 11) is 0. The van der Waals surface area contributed by atoms with Crippen molar-refractivity contribution < 1.29 is 5.21 Å². The molecule has 2 N–H and O–H groups in total. The van der Waals surface area contributed by atoms with Crippen molar-refractivity contribution in [2.45, 2.75) is 13.8 Å². The Kier molecular flexibility index (Phi) is 5.57. The first-order valence-corrected chi connectivity index (χ1v) is 6.87. The Morgan fingerprint density at radius 3 is 2.36 bits per heavy atom. The van der Waals surface area contributed by atoms with Crippen LogP contribution in [0.4, 0.5) is 5.69 Å². The molecule has 2 rings (SSSR count). The van der Waals surface area contributed by atoms with E-state index in [1.165, 1.54) is 0 Å². The fourth-order valence-electron chi connectivity index (χ4n) is 1.70. The van der Waals surface area contributed by atoms with Crippen molar-refractivity contribution in [2.75, 3.05) is 0 Å². The second-order valence-corrected chi connectivity index (χ2v) is 4.75. The molecule has 0 spiro atoms. The molecule has 0 fully saturated rings. The number of amidine groups is 1. The molecule has 0 amide bonds. The molecule has 0 aliphatic heterocycles. The van der Waals surface area contributed by atoms with Crippen molar-refractivity contribution in [3.05, 3.63) is 65.7 Å². The molecule has 2 aromatic carbocycles. The average molecular weight is 294 g/mol. The van der Waals surface area contributed by atoms with Crippen molar-refractivity contribution in [1.82, 2.24) is 5.48 Å². The van der Waals surface area contributed by atoms with Crippen LogP contribution >= 0.6 is 0 Å². The molecule has 0 saturated carbocycles. The van der Waals surface area contributed by atoms with Crippen LogP contribution in [-0.4, -0.2) is 23.0 Å². The first-order valence-electron chi connectivity index (χ1n) is 6.87. The van der Waals surface area contributed by atoms with Crippen LogP contribution in [0.2, 0.25) is 0 Å². The van der Waals surface area contributed by atoms with Crippen LogP contribution in [0.25, 0.3) is 0 Å². The number of nitrogens with one attached hydrogen (secondary N) is 1. The third-order valence-electron chi connectivity index (χ3n) is 2.94. The lowest BCUT2D eigenvalue weighted by Gasteiger charge is -2.03. The van der Waals surface area contributed by atoms with E-state index in [-0.39, 0.29) is 5.84 Å². The van der Waals surface area contributed by atoms with Crippen molar-refractivity contribution in [3.63, 3.8) is 0 Å². The number of benzene rings is 2. The van der Waals surface area contributed by atoms with Gasteiger partial charge in [-0.2, -0.15) is 10.2 Å². The smallest absolute Gasteiger partial charge is 0.173 e. The van der Waals surface area contributed by atoms with Gasteiger partial charge in [0.1, 0.15) is 5.71 Å². The molecule has 0 aliphatic rings. The summed E-state index contributed by atoms with van der Waals surface area (Å²) in [6.07, 6.45) is 1.64. The highest BCUT2D eigenvalue weighted by Gasteiger charge is 2.02. The summed E-state index contributed by atoms with van der Waals surface area (Å²) < 4.78 is 0. The van der Waals surface area contributed by atoms with Crippen molar-refractivity contribution in [2.24, 2.45) is 15.2 Å². The minimum Gasteiger partial charge on any atom is -0.290 e. The second-order valence-electron chi connectivity index (χ2n) is 4.75. The van der Waals surface area contributed by atoms with Crippen LogP contribution in [0.3, 0.4) is 0 Å². The third-order valence-corrected chi connectivity index (χ3v) is 2.94. The fourth-order valence-corrected chi connectivity index (χ4v) is 1.70. The minimum atomic E-state index is 0.258. The SMILES string of the molecule is C/C(=N\N=C\c1ccccc1)C(=Nc1ccc(C)cc1)NO. The Morgan fingerprint density at radius 2 is 1.73 bits per heavy atom. The summed E-state index contributed by atoms with van der Waals surface area (Å²) in [5.41, 5.74) is 5.37. The number of hydrogen-bond donors (Lipinski definition) is 2. The first-order chi connectivity index (χ1) is 10.7. The maximum atomic E-state index is 9.22. The molecule has 0 saturated heterocycles. The van der Waals surface area contributed by atoms with E-state index in [0.29, 0.717) is 5.71 Å². The van der Waals surface area contributed by atoms with Gasteiger partial charge in [-0.05, 0) is 31.5 Å². The van der Waals surface area contributed by atoms with E-state index >= 15 is 0 Å². The molecule has 0 heterocycles. The van der Waals surface area contributed by atoms with Crippen LogP contribution in [0.15, 0.2) is 69.8 Å². The van der Waals surface area contributed by atoms with E-state index < -0.39 is 0 Å². The predicted octanol–water partition coefficient (Wildman–Crippen LogP) is 3.50. The molecule has 22 heavy (non-hydrogen) atoms. The summed E-state index contributed by atoms with van der Waals surface area (Å²) in [5, 5.41) is 17.2. The Morgan fingerprint density at radius 1 is 1.05 bits per heavy atom. The number of hydrogen-bond acceptors (Lipinski definition) is 4. The molecule has 0 radical (unpaired) electrons. The summed E-state index contributed by atoms with van der Waals surface area (Å²) >= 11 is 0. The number of aliphatic imine (C=N–C) groups is 1. The first kappa shape index (κ1) is 15.6. The van der Waals surface area contributed by atoms with Crippen LogP contribution in [0, 0.1) is 6.92 Å². The monoisotopic (exact) mass is 294 g/mol. The summed E-state index contributed by atoms with van der Waals surface area (Å²) in [4.78, 5) is 4.29. The molecule has 0 unspecified atom stereocenters. The quantitative estimate of drug-likeness (QED) is 0.515. The standard InChI is InChI=1S/C17H18N4O/c1-13-8-10-16(11-9-13)19-17(21-22)14(2)20-18-12-15-6-4-3-5-7-15/h3-12,22H,1-2H3,(H,19,21)/b18-12+,20-14+. The predicted molar refractivity (Wildman–Crippen MR) is 90.3 cm³/mol. The van der Waals surface area contributed by atoms with E-state index in [2.05, 4.69) is 20.7 Å². The molecule has 0 aromatic heterocycles. The van der Waals surface area contributed by atoms with Gasteiger partial charge in [-0.15, -0.1) is 0 Å². The summed E-state index contributed by atoms with van der Waals surface area (Å²) in [5.74, 6) is 0.258. The van der Waals surface area contributed by atoms with Gasteiger partial charge in [-0.1, -0.05) is 48.0 Å². The lowest BCUT2D eigenvalue weighted by molar-refractivity contribution is 0.236. The van der Waals surface area contributed by atoms with Crippen LogP contribution < -0.4 is 5.48 Å². The number of aryl methyl sites for hydroxylation is 1. The van der Waals surface area contributed by atoms with Gasteiger partial charge in [0.25, 0.3) is 0 Å². The van der Waals surface area contributed by atoms with Crippen molar-refractivity contribution >= 4 is 23.4 Å². The van der Waals surface area contributed by atoms with Crippen LogP contribution in [0.1, 0.15) is 18.1 Å². The fraction of sp³-hybridized carbons (Fsp3) is 0.118.